The summed E-state index contributed by atoms with van der Waals surface area (Å²) in [5, 5.41) is 23.0. The van der Waals surface area contributed by atoms with Crippen molar-refractivity contribution in [2.24, 2.45) is 0 Å². The Bertz CT molecular complexity index is 678. The van der Waals surface area contributed by atoms with Crippen LogP contribution in [-0.4, -0.2) is 20.0 Å². The van der Waals surface area contributed by atoms with E-state index in [1.54, 1.807) is 18.2 Å². The number of aromatic nitrogens is 2. The van der Waals surface area contributed by atoms with Crippen LogP contribution in [0.25, 0.3) is 0 Å². The molecule has 8 heteroatoms. The zero-order chi connectivity index (χ0) is 15.4. The molecule has 0 spiro atoms. The molecule has 0 amide bonds. The maximum Gasteiger partial charge on any atom is 0.332 e. The summed E-state index contributed by atoms with van der Waals surface area (Å²) in [5.41, 5.74) is 1.63. The zero-order valence-corrected chi connectivity index (χ0v) is 12.0. The molecule has 0 aliphatic heterocycles. The van der Waals surface area contributed by atoms with Crippen LogP contribution >= 0.6 is 11.6 Å². The van der Waals surface area contributed by atoms with Crippen molar-refractivity contribution in [1.82, 2.24) is 9.97 Å². The van der Waals surface area contributed by atoms with Gasteiger partial charge >= 0.3 is 5.69 Å². The van der Waals surface area contributed by atoms with Crippen LogP contribution in [0.2, 0.25) is 5.28 Å². The predicted octanol–water partition coefficient (Wildman–Crippen LogP) is 2.45. The first-order valence-electron chi connectivity index (χ1n) is 6.12. The molecule has 1 aromatic heterocycles. The topological polar surface area (TPSA) is 101 Å². The maximum absolute atomic E-state index is 11.1. The number of nitrogens with zero attached hydrogens (tertiary/aromatic N) is 3. The summed E-state index contributed by atoms with van der Waals surface area (Å²) in [6.07, 6.45) is 0. The number of nitrogens with one attached hydrogen (secondary N) is 1. The van der Waals surface area contributed by atoms with E-state index in [0.717, 1.165) is 11.1 Å². The SMILES string of the molecule is Cc1nc(Cl)nc(NCc2cccc(CO)c2)c1[N+](=O)[O-]. The van der Waals surface area contributed by atoms with Gasteiger partial charge in [0.25, 0.3) is 0 Å². The van der Waals surface area contributed by atoms with Gasteiger partial charge in [0.1, 0.15) is 5.69 Å². The van der Waals surface area contributed by atoms with Crippen molar-refractivity contribution in [2.75, 3.05) is 5.32 Å². The number of halogens is 1. The lowest BCUT2D eigenvalue weighted by atomic mass is 10.1. The standard InChI is InChI=1S/C13H13ClN4O3/c1-8-11(18(20)21)12(17-13(14)16-8)15-6-9-3-2-4-10(5-9)7-19/h2-5,19H,6-7H2,1H3,(H,15,16,17). The van der Waals surface area contributed by atoms with E-state index in [9.17, 15) is 10.1 Å². The number of aryl methyl sites for hydroxylation is 1. The van der Waals surface area contributed by atoms with Crippen molar-refractivity contribution in [3.8, 4) is 0 Å². The van der Waals surface area contributed by atoms with Crippen LogP contribution < -0.4 is 5.32 Å². The number of aliphatic hydroxyl groups is 1. The smallest absolute Gasteiger partial charge is 0.332 e. The lowest BCUT2D eigenvalue weighted by Crippen LogP contribution is -2.08. The summed E-state index contributed by atoms with van der Waals surface area (Å²) in [4.78, 5) is 18.2. The fourth-order valence-corrected chi connectivity index (χ4v) is 2.11. The lowest BCUT2D eigenvalue weighted by molar-refractivity contribution is -0.385. The second-order valence-electron chi connectivity index (χ2n) is 4.36. The molecule has 0 bridgehead atoms. The summed E-state index contributed by atoms with van der Waals surface area (Å²) in [6, 6.07) is 7.23. The van der Waals surface area contributed by atoms with Crippen LogP contribution in [0.15, 0.2) is 24.3 Å². The van der Waals surface area contributed by atoms with Gasteiger partial charge in [-0.2, -0.15) is 4.98 Å². The Morgan fingerprint density at radius 2 is 2.10 bits per heavy atom. The first-order valence-corrected chi connectivity index (χ1v) is 6.50. The Labute approximate surface area is 125 Å². The molecule has 0 radical (unpaired) electrons. The third-order valence-electron chi connectivity index (χ3n) is 2.85. The molecule has 2 rings (SSSR count). The Morgan fingerprint density at radius 3 is 2.76 bits per heavy atom. The van der Waals surface area contributed by atoms with Gasteiger partial charge in [-0.25, -0.2) is 4.98 Å². The highest BCUT2D eigenvalue weighted by molar-refractivity contribution is 6.28. The second-order valence-corrected chi connectivity index (χ2v) is 4.70. The van der Waals surface area contributed by atoms with Crippen molar-refractivity contribution < 1.29 is 10.0 Å². The molecule has 21 heavy (non-hydrogen) atoms. The average Bonchev–Trinajstić information content (AvgIpc) is 2.44. The molecule has 0 fully saturated rings. The molecular formula is C13H13ClN4O3. The van der Waals surface area contributed by atoms with E-state index < -0.39 is 4.92 Å². The van der Waals surface area contributed by atoms with Crippen molar-refractivity contribution in [2.45, 2.75) is 20.1 Å². The highest BCUT2D eigenvalue weighted by Crippen LogP contribution is 2.26. The molecular weight excluding hydrogens is 296 g/mol. The second kappa shape index (κ2) is 6.47. The number of benzene rings is 1. The molecule has 2 aromatic rings. The van der Waals surface area contributed by atoms with Crippen LogP contribution in [0.1, 0.15) is 16.8 Å². The highest BCUT2D eigenvalue weighted by Gasteiger charge is 2.21. The first-order chi connectivity index (χ1) is 10.0. The van der Waals surface area contributed by atoms with E-state index in [1.165, 1.54) is 6.92 Å². The summed E-state index contributed by atoms with van der Waals surface area (Å²) in [6.45, 7) is 1.76. The van der Waals surface area contributed by atoms with E-state index in [4.69, 9.17) is 16.7 Å². The Morgan fingerprint density at radius 1 is 1.38 bits per heavy atom. The van der Waals surface area contributed by atoms with Crippen molar-refractivity contribution in [3.63, 3.8) is 0 Å². The van der Waals surface area contributed by atoms with E-state index in [0.29, 0.717) is 6.54 Å². The number of hydrogen-bond donors (Lipinski definition) is 2. The summed E-state index contributed by atoms with van der Waals surface area (Å²) in [5.74, 6) is 0.0758. The van der Waals surface area contributed by atoms with Crippen LogP contribution in [0.5, 0.6) is 0 Å². The molecule has 2 N–H and O–H groups in total. The van der Waals surface area contributed by atoms with Gasteiger partial charge in [0, 0.05) is 6.54 Å². The van der Waals surface area contributed by atoms with Gasteiger partial charge in [-0.1, -0.05) is 24.3 Å². The number of nitro groups is 1. The maximum atomic E-state index is 11.1. The van der Waals surface area contributed by atoms with E-state index in [2.05, 4.69) is 15.3 Å². The van der Waals surface area contributed by atoms with Gasteiger partial charge in [-0.3, -0.25) is 10.1 Å². The fraction of sp³-hybridized carbons (Fsp3) is 0.231. The number of aliphatic hydroxyl groups excluding tert-OH is 1. The van der Waals surface area contributed by atoms with E-state index >= 15 is 0 Å². The zero-order valence-electron chi connectivity index (χ0n) is 11.2. The number of rotatable bonds is 5. The summed E-state index contributed by atoms with van der Waals surface area (Å²) >= 11 is 5.74. The van der Waals surface area contributed by atoms with Crippen LogP contribution in [0, 0.1) is 17.0 Å². The molecule has 110 valence electrons. The van der Waals surface area contributed by atoms with Crippen LogP contribution in [0.4, 0.5) is 11.5 Å². The van der Waals surface area contributed by atoms with Crippen molar-refractivity contribution >= 4 is 23.1 Å². The molecule has 0 unspecified atom stereocenters. The molecule has 0 atom stereocenters. The Kier molecular flexibility index (Phi) is 4.66. The lowest BCUT2D eigenvalue weighted by Gasteiger charge is -2.08. The summed E-state index contributed by atoms with van der Waals surface area (Å²) < 4.78 is 0. The predicted molar refractivity (Wildman–Crippen MR) is 78.1 cm³/mol. The van der Waals surface area contributed by atoms with Crippen molar-refractivity contribution in [1.29, 1.82) is 0 Å². The quantitative estimate of drug-likeness (QED) is 0.500. The van der Waals surface area contributed by atoms with Gasteiger partial charge in [0.2, 0.25) is 11.1 Å². The minimum atomic E-state index is -0.544. The van der Waals surface area contributed by atoms with E-state index in [-0.39, 0.29) is 29.1 Å². The minimum absolute atomic E-state index is 0.0512. The summed E-state index contributed by atoms with van der Waals surface area (Å²) in [7, 11) is 0. The average molecular weight is 309 g/mol. The molecule has 0 saturated heterocycles. The minimum Gasteiger partial charge on any atom is -0.392 e. The third kappa shape index (κ3) is 3.65. The molecule has 0 saturated carbocycles. The molecule has 7 nitrogen and oxygen atoms in total. The van der Waals surface area contributed by atoms with Gasteiger partial charge in [0.05, 0.1) is 11.5 Å². The first kappa shape index (κ1) is 15.1. The third-order valence-corrected chi connectivity index (χ3v) is 3.02. The monoisotopic (exact) mass is 308 g/mol. The van der Waals surface area contributed by atoms with Gasteiger partial charge in [-0.05, 0) is 29.7 Å². The van der Waals surface area contributed by atoms with Crippen LogP contribution in [0.3, 0.4) is 0 Å². The fourth-order valence-electron chi connectivity index (χ4n) is 1.90. The van der Waals surface area contributed by atoms with Crippen molar-refractivity contribution in [3.05, 3.63) is 56.5 Å². The molecule has 1 heterocycles. The highest BCUT2D eigenvalue weighted by atomic mass is 35.5. The normalized spacial score (nSPS) is 10.4. The Hall–Kier alpha value is -2.25. The van der Waals surface area contributed by atoms with Crippen LogP contribution in [-0.2, 0) is 13.2 Å². The molecule has 0 aliphatic carbocycles. The molecule has 0 aliphatic rings. The van der Waals surface area contributed by atoms with Gasteiger partial charge < -0.3 is 10.4 Å². The van der Waals surface area contributed by atoms with Gasteiger partial charge in [-0.15, -0.1) is 0 Å². The van der Waals surface area contributed by atoms with Gasteiger partial charge in [0.15, 0.2) is 0 Å². The number of anilines is 1. The number of hydrogen-bond acceptors (Lipinski definition) is 6. The molecule has 1 aromatic carbocycles. The van der Waals surface area contributed by atoms with E-state index in [1.807, 2.05) is 6.07 Å². The Balaban J connectivity index is 2.25. The largest absolute Gasteiger partial charge is 0.392 e.